The quantitative estimate of drug-likeness (QED) is 0.346. The Morgan fingerprint density at radius 1 is 0.848 bits per heavy atom. The van der Waals surface area contributed by atoms with E-state index in [1.54, 1.807) is 0 Å². The van der Waals surface area contributed by atoms with Crippen molar-refractivity contribution < 1.29 is 14.3 Å². The van der Waals surface area contributed by atoms with Crippen molar-refractivity contribution in [1.82, 2.24) is 0 Å². The highest BCUT2D eigenvalue weighted by Gasteiger charge is 2.53. The zero-order valence-electron chi connectivity index (χ0n) is 19.3. The van der Waals surface area contributed by atoms with Gasteiger partial charge in [0.1, 0.15) is 11.5 Å². The highest BCUT2D eigenvalue weighted by atomic mass is 16.6. The number of carbonyl (C=O) groups is 1. The van der Waals surface area contributed by atoms with Crippen LogP contribution in [-0.4, -0.2) is 19.1 Å². The molecule has 2 heterocycles. The van der Waals surface area contributed by atoms with E-state index in [2.05, 4.69) is 36.9 Å². The highest BCUT2D eigenvalue weighted by Crippen LogP contribution is 2.56. The van der Waals surface area contributed by atoms with Crippen LogP contribution in [0.1, 0.15) is 66.6 Å². The highest BCUT2D eigenvalue weighted by molar-refractivity contribution is 5.97. The van der Waals surface area contributed by atoms with Crippen molar-refractivity contribution in [1.29, 1.82) is 0 Å². The van der Waals surface area contributed by atoms with E-state index >= 15 is 0 Å². The lowest BCUT2D eigenvalue weighted by atomic mass is 9.77. The van der Waals surface area contributed by atoms with Crippen LogP contribution in [0.5, 0.6) is 11.5 Å². The van der Waals surface area contributed by atoms with Crippen molar-refractivity contribution >= 4 is 17.3 Å². The first-order valence-electron chi connectivity index (χ1n) is 11.9. The summed E-state index contributed by atoms with van der Waals surface area (Å²) >= 11 is 0. The molecule has 3 aromatic rings. The fourth-order valence-electron chi connectivity index (χ4n) is 4.94. The Balaban J connectivity index is 1.68. The summed E-state index contributed by atoms with van der Waals surface area (Å²) in [7, 11) is 0. The van der Waals surface area contributed by atoms with Crippen LogP contribution in [0.3, 0.4) is 0 Å². The number of esters is 1. The monoisotopic (exact) mass is 442 g/mol. The van der Waals surface area contributed by atoms with Gasteiger partial charge in [-0.1, -0.05) is 44.9 Å². The van der Waals surface area contributed by atoms with E-state index in [-0.39, 0.29) is 5.97 Å². The lowest BCUT2D eigenvalue weighted by Gasteiger charge is -2.37. The summed E-state index contributed by atoms with van der Waals surface area (Å²) in [5.41, 5.74) is 9.81. The molecule has 2 aliphatic heterocycles. The lowest BCUT2D eigenvalue weighted by molar-refractivity contribution is 0.0224. The second-order valence-electron chi connectivity index (χ2n) is 8.85. The van der Waals surface area contributed by atoms with E-state index in [0.717, 1.165) is 61.2 Å². The van der Waals surface area contributed by atoms with Crippen LogP contribution in [0, 0.1) is 0 Å². The Hall–Kier alpha value is -3.47. The number of benzene rings is 3. The summed E-state index contributed by atoms with van der Waals surface area (Å²) in [5, 5.41) is 0. The molecule has 1 spiro atoms. The molecule has 0 saturated carbocycles. The topological polar surface area (TPSA) is 64.8 Å². The third kappa shape index (κ3) is 3.43. The molecule has 2 aliphatic rings. The number of fused-ring (bicyclic) bond motifs is 6. The van der Waals surface area contributed by atoms with Gasteiger partial charge in [0, 0.05) is 47.2 Å². The zero-order valence-corrected chi connectivity index (χ0v) is 19.3. The van der Waals surface area contributed by atoms with Crippen molar-refractivity contribution in [2.45, 2.75) is 45.1 Å². The summed E-state index contributed by atoms with van der Waals surface area (Å²) in [6.45, 7) is 6.44. The van der Waals surface area contributed by atoms with Gasteiger partial charge in [-0.05, 0) is 49.2 Å². The number of nitrogens with zero attached hydrogens (tertiary/aromatic N) is 1. The van der Waals surface area contributed by atoms with Crippen molar-refractivity contribution in [2.24, 2.45) is 0 Å². The Labute approximate surface area is 195 Å². The summed E-state index contributed by atoms with van der Waals surface area (Å²) in [6, 6.07) is 19.4. The molecule has 0 aromatic heterocycles. The maximum absolute atomic E-state index is 13.0. The standard InChI is InChI=1S/C28H30N2O3/c1-3-5-15-30(16-6-4-2)20-12-13-23-26(18-20)32-25-14-11-19(29)17-24(25)28(23)22-10-8-7-9-21(22)27(31)33-28/h7-14,17-18H,3-6,15-16,29H2,1-2H3. The number of ether oxygens (including phenoxy) is 2. The van der Waals surface area contributed by atoms with Gasteiger partial charge in [-0.25, -0.2) is 4.79 Å². The van der Waals surface area contributed by atoms with Crippen LogP contribution >= 0.6 is 0 Å². The smallest absolute Gasteiger partial charge is 0.340 e. The van der Waals surface area contributed by atoms with Gasteiger partial charge in [0.2, 0.25) is 0 Å². The Morgan fingerprint density at radius 2 is 1.61 bits per heavy atom. The van der Waals surface area contributed by atoms with E-state index in [9.17, 15) is 4.79 Å². The SMILES string of the molecule is CCCCN(CCCC)c1ccc2c(c1)Oc1ccc(N)cc1C21OC(=O)c2ccccc21. The van der Waals surface area contributed by atoms with Crippen LogP contribution in [-0.2, 0) is 10.3 Å². The number of unbranched alkanes of at least 4 members (excludes halogenated alkanes) is 2. The first kappa shape index (κ1) is 21.4. The molecule has 5 nitrogen and oxygen atoms in total. The lowest BCUT2D eigenvalue weighted by Crippen LogP contribution is -2.33. The molecule has 0 saturated heterocycles. The van der Waals surface area contributed by atoms with E-state index in [1.165, 1.54) is 0 Å². The second kappa shape index (κ2) is 8.47. The largest absolute Gasteiger partial charge is 0.456 e. The summed E-state index contributed by atoms with van der Waals surface area (Å²) in [5.74, 6) is 1.04. The molecular formula is C28H30N2O3. The maximum Gasteiger partial charge on any atom is 0.340 e. The second-order valence-corrected chi connectivity index (χ2v) is 8.85. The van der Waals surface area contributed by atoms with Gasteiger partial charge < -0.3 is 20.1 Å². The molecule has 0 fully saturated rings. The number of nitrogen functional groups attached to an aromatic ring is 1. The maximum atomic E-state index is 13.0. The van der Waals surface area contributed by atoms with Crippen molar-refractivity contribution in [3.05, 3.63) is 82.9 Å². The van der Waals surface area contributed by atoms with Crippen LogP contribution < -0.4 is 15.4 Å². The molecule has 2 N–H and O–H groups in total. The minimum absolute atomic E-state index is 0.330. The fourth-order valence-corrected chi connectivity index (χ4v) is 4.94. The Kier molecular flexibility index (Phi) is 5.49. The van der Waals surface area contributed by atoms with E-state index in [4.69, 9.17) is 15.2 Å². The zero-order chi connectivity index (χ0) is 23.0. The molecule has 170 valence electrons. The molecule has 1 atom stereocenters. The Bertz CT molecular complexity index is 1200. The van der Waals surface area contributed by atoms with Gasteiger partial charge in [0.05, 0.1) is 5.56 Å². The number of hydrogen-bond donors (Lipinski definition) is 1. The van der Waals surface area contributed by atoms with Gasteiger partial charge in [0.25, 0.3) is 0 Å². The predicted molar refractivity (Wildman–Crippen MR) is 131 cm³/mol. The molecule has 1 unspecified atom stereocenters. The van der Waals surface area contributed by atoms with Crippen molar-refractivity contribution in [3.8, 4) is 11.5 Å². The minimum atomic E-state index is -1.07. The number of rotatable bonds is 7. The van der Waals surface area contributed by atoms with Crippen LogP contribution in [0.15, 0.2) is 60.7 Å². The van der Waals surface area contributed by atoms with E-state index in [1.807, 2.05) is 42.5 Å². The number of nitrogens with two attached hydrogens (primary N) is 1. The average molecular weight is 443 g/mol. The first-order valence-corrected chi connectivity index (χ1v) is 11.9. The van der Waals surface area contributed by atoms with Gasteiger partial charge >= 0.3 is 5.97 Å². The predicted octanol–water partition coefficient (Wildman–Crippen LogP) is 6.24. The third-order valence-electron chi connectivity index (χ3n) is 6.65. The minimum Gasteiger partial charge on any atom is -0.456 e. The van der Waals surface area contributed by atoms with Gasteiger partial charge in [-0.2, -0.15) is 0 Å². The van der Waals surface area contributed by atoms with Gasteiger partial charge in [-0.15, -0.1) is 0 Å². The first-order chi connectivity index (χ1) is 16.1. The van der Waals surface area contributed by atoms with Crippen molar-refractivity contribution in [2.75, 3.05) is 23.7 Å². The molecule has 5 rings (SSSR count). The third-order valence-corrected chi connectivity index (χ3v) is 6.65. The fraction of sp³-hybridized carbons (Fsp3) is 0.321. The van der Waals surface area contributed by atoms with Gasteiger partial charge in [0.15, 0.2) is 5.60 Å². The number of hydrogen-bond acceptors (Lipinski definition) is 5. The Morgan fingerprint density at radius 3 is 2.36 bits per heavy atom. The number of carbonyl (C=O) groups excluding carboxylic acids is 1. The number of anilines is 2. The molecule has 0 aliphatic carbocycles. The summed E-state index contributed by atoms with van der Waals surface area (Å²) in [6.07, 6.45) is 4.57. The molecular weight excluding hydrogens is 412 g/mol. The van der Waals surface area contributed by atoms with E-state index in [0.29, 0.717) is 22.7 Å². The molecule has 0 bridgehead atoms. The van der Waals surface area contributed by atoms with Crippen molar-refractivity contribution in [3.63, 3.8) is 0 Å². The molecule has 3 aromatic carbocycles. The average Bonchev–Trinajstić information content (AvgIpc) is 3.13. The van der Waals surface area contributed by atoms with Crippen LogP contribution in [0.25, 0.3) is 0 Å². The molecule has 5 heteroatoms. The van der Waals surface area contributed by atoms with Crippen LogP contribution in [0.2, 0.25) is 0 Å². The van der Waals surface area contributed by atoms with Crippen LogP contribution in [0.4, 0.5) is 11.4 Å². The molecule has 0 amide bonds. The normalized spacial score (nSPS) is 17.7. The summed E-state index contributed by atoms with van der Waals surface area (Å²) < 4.78 is 12.6. The summed E-state index contributed by atoms with van der Waals surface area (Å²) in [4.78, 5) is 15.4. The molecule has 33 heavy (non-hydrogen) atoms. The molecule has 0 radical (unpaired) electrons. The van der Waals surface area contributed by atoms with E-state index < -0.39 is 5.60 Å². The van der Waals surface area contributed by atoms with Gasteiger partial charge in [-0.3, -0.25) is 0 Å².